The van der Waals surface area contributed by atoms with Crippen molar-refractivity contribution in [2.24, 2.45) is 10.8 Å². The Balaban J connectivity index is 0. The fourth-order valence-corrected chi connectivity index (χ4v) is 5.45. The average molecular weight is 702 g/mol. The molecule has 0 radical (unpaired) electrons. The van der Waals surface area contributed by atoms with Crippen molar-refractivity contribution < 1.29 is 58.0 Å². The van der Waals surface area contributed by atoms with Crippen molar-refractivity contribution in [1.29, 1.82) is 0 Å². The molecule has 2 unspecified atom stereocenters. The zero-order chi connectivity index (χ0) is 39.2. The van der Waals surface area contributed by atoms with Crippen LogP contribution in [0.3, 0.4) is 0 Å². The van der Waals surface area contributed by atoms with E-state index in [0.717, 1.165) is 0 Å². The second-order valence-corrected chi connectivity index (χ2v) is 16.9. The maximum atomic E-state index is 13.5. The normalized spacial score (nSPS) is 18.9. The number of aliphatic carboxylic acids is 2. The lowest BCUT2D eigenvalue weighted by molar-refractivity contribution is -0.193. The molecule has 0 spiro atoms. The molecule has 0 saturated carbocycles. The van der Waals surface area contributed by atoms with Crippen LogP contribution >= 0.6 is 0 Å². The van der Waals surface area contributed by atoms with Gasteiger partial charge in [-0.2, -0.15) is 19.2 Å². The topological polar surface area (TPSA) is 205 Å². The van der Waals surface area contributed by atoms with Gasteiger partial charge in [-0.1, -0.05) is 41.5 Å². The lowest BCUT2D eigenvalue weighted by atomic mass is 9.86. The van der Waals surface area contributed by atoms with Crippen LogP contribution in [0.4, 0.5) is 0 Å². The van der Waals surface area contributed by atoms with Gasteiger partial charge in [-0.25, -0.2) is 0 Å². The van der Waals surface area contributed by atoms with E-state index in [1.165, 1.54) is 0 Å². The molecule has 1 aliphatic rings. The number of carbonyl (C=O) groups is 4. The molecule has 1 aliphatic heterocycles. The minimum Gasteiger partial charge on any atom is -0.481 e. The highest BCUT2D eigenvalue weighted by atomic mass is 16.6. The van der Waals surface area contributed by atoms with Gasteiger partial charge >= 0.3 is 36.2 Å². The molecule has 1 fully saturated rings. The lowest BCUT2D eigenvalue weighted by Crippen LogP contribution is -2.63. The van der Waals surface area contributed by atoms with E-state index >= 15 is 0 Å². The molecule has 2 N–H and O–H groups in total. The Morgan fingerprint density at radius 1 is 0.653 bits per heavy atom. The fourth-order valence-electron chi connectivity index (χ4n) is 5.45. The molecule has 0 bridgehead atoms. The van der Waals surface area contributed by atoms with Crippen LogP contribution in [0.25, 0.3) is 0 Å². The van der Waals surface area contributed by atoms with Crippen LogP contribution in [0.2, 0.25) is 0 Å². The summed E-state index contributed by atoms with van der Waals surface area (Å²) in [5, 5.41) is 19.6. The minimum absolute atomic E-state index is 0.118. The van der Waals surface area contributed by atoms with Crippen LogP contribution in [-0.4, -0.2) is 129 Å². The Morgan fingerprint density at radius 3 is 1.12 bits per heavy atom. The molecule has 0 aromatic carbocycles. The van der Waals surface area contributed by atoms with E-state index in [4.69, 9.17) is 28.7 Å². The number of carboxylic acids is 2. The highest BCUT2D eigenvalue weighted by molar-refractivity contribution is 5.83. The van der Waals surface area contributed by atoms with Crippen LogP contribution in [-0.2, 0) is 47.8 Å². The van der Waals surface area contributed by atoms with Gasteiger partial charge in [-0.3, -0.25) is 33.9 Å². The molecule has 15 heteroatoms. The highest BCUT2D eigenvalue weighted by Crippen LogP contribution is 2.32. The molecule has 1 saturated heterocycles. The number of rotatable bonds is 11. The summed E-state index contributed by atoms with van der Waals surface area (Å²) in [6, 6.07) is -2.14. The first-order valence-electron chi connectivity index (χ1n) is 16.0. The maximum absolute atomic E-state index is 13.5. The molecule has 0 amide bonds. The summed E-state index contributed by atoms with van der Waals surface area (Å²) in [6.07, 6.45) is -0.400. The molecule has 1 heterocycles. The van der Waals surface area contributed by atoms with Gasteiger partial charge in [0.2, 0.25) is 0 Å². The summed E-state index contributed by atoms with van der Waals surface area (Å²) in [5.74, 6) is -3.51. The molecule has 15 nitrogen and oxygen atoms in total. The van der Waals surface area contributed by atoms with Crippen molar-refractivity contribution in [2.45, 2.75) is 132 Å². The lowest BCUT2D eigenvalue weighted by Gasteiger charge is -2.49. The standard InChI is InChI=1S/C32H59N3O8.2CO2/c1-28(2,3)18-35(19-29(4,5)6)32(13)20-33(22(16-24(36)37)26(40)42-30(7,8)9)14-15-34(21-32)23(17-25(38)39)27(41)43-31(10,11)12;2*2-1-3/h22-23H,14-21H2,1-13H3,(H,36,37)(H,38,39);;. The summed E-state index contributed by atoms with van der Waals surface area (Å²) in [7, 11) is 0. The van der Waals surface area contributed by atoms with Gasteiger partial charge < -0.3 is 19.7 Å². The van der Waals surface area contributed by atoms with E-state index in [9.17, 15) is 29.4 Å². The number of hydrogen-bond acceptors (Lipinski definition) is 13. The predicted molar refractivity (Wildman–Crippen MR) is 176 cm³/mol. The van der Waals surface area contributed by atoms with Gasteiger partial charge in [0.15, 0.2) is 0 Å². The summed E-state index contributed by atoms with van der Waals surface area (Å²) < 4.78 is 11.4. The molecule has 0 aliphatic carbocycles. The van der Waals surface area contributed by atoms with Crippen molar-refractivity contribution in [2.75, 3.05) is 39.3 Å². The Bertz CT molecular complexity index is 1080. The zero-order valence-electron chi connectivity index (χ0n) is 31.6. The van der Waals surface area contributed by atoms with Gasteiger partial charge in [0.05, 0.1) is 12.8 Å². The first-order chi connectivity index (χ1) is 21.9. The van der Waals surface area contributed by atoms with Gasteiger partial charge in [-0.15, -0.1) is 0 Å². The van der Waals surface area contributed by atoms with Crippen molar-refractivity contribution in [3.05, 3.63) is 0 Å². The van der Waals surface area contributed by atoms with Crippen LogP contribution in [0.15, 0.2) is 0 Å². The van der Waals surface area contributed by atoms with Crippen molar-refractivity contribution >= 4 is 36.2 Å². The molecule has 2 atom stereocenters. The van der Waals surface area contributed by atoms with Crippen LogP contribution in [0.5, 0.6) is 0 Å². The maximum Gasteiger partial charge on any atom is 0.373 e. The Kier molecular flexibility index (Phi) is 19.1. The molecule has 1 rings (SSSR count). The molecular weight excluding hydrogens is 642 g/mol. The third kappa shape index (κ3) is 21.3. The molecule has 0 aromatic heterocycles. The van der Waals surface area contributed by atoms with Crippen molar-refractivity contribution in [3.63, 3.8) is 0 Å². The Hall–Kier alpha value is -3.48. The molecular formula is C34H59N3O12. The first-order valence-corrected chi connectivity index (χ1v) is 16.0. The molecule has 0 aromatic rings. The van der Waals surface area contributed by atoms with E-state index in [-0.39, 0.29) is 36.2 Å². The van der Waals surface area contributed by atoms with Crippen LogP contribution in [0, 0.1) is 10.8 Å². The third-order valence-corrected chi connectivity index (χ3v) is 6.83. The highest BCUT2D eigenvalue weighted by Gasteiger charge is 2.47. The molecule has 49 heavy (non-hydrogen) atoms. The van der Waals surface area contributed by atoms with Crippen LogP contribution in [0.1, 0.15) is 103 Å². The van der Waals surface area contributed by atoms with Crippen molar-refractivity contribution in [1.82, 2.24) is 14.7 Å². The predicted octanol–water partition coefficient (Wildman–Crippen LogP) is 2.96. The number of carbonyl (C=O) groups excluding carboxylic acids is 6. The first kappa shape index (κ1) is 47.6. The second kappa shape index (κ2) is 19.6. The fraction of sp³-hybridized carbons (Fsp3) is 0.824. The number of ether oxygens (including phenoxy) is 2. The third-order valence-electron chi connectivity index (χ3n) is 6.83. The SMILES string of the molecule is CC(C)(C)CN(CC(C)(C)C)C1(C)CN(C(CC(=O)O)C(=O)OC(C)(C)C)CCN(C(CC(=O)O)C(=O)OC(C)(C)C)C1.O=C=O.O=C=O. The van der Waals surface area contributed by atoms with E-state index in [2.05, 4.69) is 53.4 Å². The van der Waals surface area contributed by atoms with Gasteiger partial charge in [0.25, 0.3) is 0 Å². The number of esters is 2. The van der Waals surface area contributed by atoms with E-state index < -0.39 is 65.5 Å². The Morgan fingerprint density at radius 2 is 0.918 bits per heavy atom. The smallest absolute Gasteiger partial charge is 0.373 e. The average Bonchev–Trinajstić information content (AvgIpc) is 3.02. The van der Waals surface area contributed by atoms with Gasteiger partial charge in [-0.05, 0) is 59.3 Å². The van der Waals surface area contributed by atoms with E-state index in [1.54, 1.807) is 41.5 Å². The van der Waals surface area contributed by atoms with E-state index in [0.29, 0.717) is 26.2 Å². The summed E-state index contributed by atoms with van der Waals surface area (Å²) in [5.41, 5.74) is -2.58. The largest absolute Gasteiger partial charge is 0.481 e. The summed E-state index contributed by atoms with van der Waals surface area (Å²) >= 11 is 0. The number of nitrogens with zero attached hydrogens (tertiary/aromatic N) is 3. The number of hydrogen-bond donors (Lipinski definition) is 2. The zero-order valence-corrected chi connectivity index (χ0v) is 31.6. The quantitative estimate of drug-likeness (QED) is 0.297. The Labute approximate surface area is 290 Å². The minimum atomic E-state index is -1.13. The van der Waals surface area contributed by atoms with Gasteiger partial charge in [0, 0.05) is 44.8 Å². The van der Waals surface area contributed by atoms with Crippen LogP contribution < -0.4 is 0 Å². The monoisotopic (exact) mass is 701 g/mol. The molecule has 282 valence electrons. The van der Waals surface area contributed by atoms with Crippen molar-refractivity contribution in [3.8, 4) is 0 Å². The second-order valence-electron chi connectivity index (χ2n) is 16.9. The number of carboxylic acid groups (broad SMARTS) is 2. The van der Waals surface area contributed by atoms with Gasteiger partial charge in [0.1, 0.15) is 23.3 Å². The summed E-state index contributed by atoms with van der Waals surface area (Å²) in [6.45, 7) is 27.7. The summed E-state index contributed by atoms with van der Waals surface area (Å²) in [4.78, 5) is 89.5. The van der Waals surface area contributed by atoms with E-state index in [1.807, 2.05) is 9.80 Å².